The smallest absolute Gasteiger partial charge is 0.0590 e. The molecule has 1 rings (SSSR count). The van der Waals surface area contributed by atoms with Crippen molar-refractivity contribution in [3.8, 4) is 0 Å². The first-order chi connectivity index (χ1) is 6.09. The van der Waals surface area contributed by atoms with Gasteiger partial charge in [-0.2, -0.15) is 0 Å². The van der Waals surface area contributed by atoms with E-state index in [4.69, 9.17) is 0 Å². The number of piperidine rings is 1. The molecule has 2 atom stereocenters. The Labute approximate surface area is 81.9 Å². The van der Waals surface area contributed by atoms with Crippen molar-refractivity contribution in [2.24, 2.45) is 11.8 Å². The molecule has 0 aromatic heterocycles. The van der Waals surface area contributed by atoms with Crippen molar-refractivity contribution >= 4 is 0 Å². The quantitative estimate of drug-likeness (QED) is 0.724. The predicted octanol–water partition coefficient (Wildman–Crippen LogP) is 1.74. The zero-order valence-electron chi connectivity index (χ0n) is 9.16. The van der Waals surface area contributed by atoms with Gasteiger partial charge in [-0.25, -0.2) is 0 Å². The van der Waals surface area contributed by atoms with Crippen molar-refractivity contribution in [1.82, 2.24) is 4.90 Å². The van der Waals surface area contributed by atoms with E-state index in [9.17, 15) is 5.11 Å². The molecule has 1 heterocycles. The van der Waals surface area contributed by atoms with Gasteiger partial charge >= 0.3 is 0 Å². The second-order valence-electron chi connectivity index (χ2n) is 4.82. The summed E-state index contributed by atoms with van der Waals surface area (Å²) in [6.45, 7) is 10.0. The number of hydrogen-bond donors (Lipinski definition) is 1. The highest BCUT2D eigenvalue weighted by Gasteiger charge is 2.23. The zero-order chi connectivity index (χ0) is 9.84. The third kappa shape index (κ3) is 3.65. The Morgan fingerprint density at radius 1 is 1.46 bits per heavy atom. The molecule has 1 N–H and O–H groups in total. The van der Waals surface area contributed by atoms with Crippen molar-refractivity contribution in [3.05, 3.63) is 0 Å². The topological polar surface area (TPSA) is 23.5 Å². The fourth-order valence-corrected chi connectivity index (χ4v) is 1.86. The van der Waals surface area contributed by atoms with Crippen LogP contribution in [0.15, 0.2) is 0 Å². The number of aliphatic hydroxyl groups excluding tert-OH is 1. The summed E-state index contributed by atoms with van der Waals surface area (Å²) in [5.74, 6) is 1.25. The van der Waals surface area contributed by atoms with Crippen molar-refractivity contribution in [2.45, 2.75) is 39.7 Å². The fourth-order valence-electron chi connectivity index (χ4n) is 1.86. The Hall–Kier alpha value is -0.0800. The molecule has 0 aromatic carbocycles. The van der Waals surface area contributed by atoms with Crippen molar-refractivity contribution < 1.29 is 5.11 Å². The van der Waals surface area contributed by atoms with Gasteiger partial charge in [0, 0.05) is 13.1 Å². The minimum atomic E-state index is -0.0599. The Morgan fingerprint density at radius 2 is 2.15 bits per heavy atom. The molecule has 1 aliphatic heterocycles. The third-order valence-corrected chi connectivity index (χ3v) is 2.97. The standard InChI is InChI=1S/C11H23NO/c1-9(2)4-6-12-7-5-11(13)10(3)8-12/h9-11,13H,4-8H2,1-3H3/t10-,11-/m0/s1. The first-order valence-corrected chi connectivity index (χ1v) is 5.50. The maximum absolute atomic E-state index is 9.55. The second kappa shape index (κ2) is 4.97. The molecule has 78 valence electrons. The Kier molecular flexibility index (Phi) is 4.20. The van der Waals surface area contributed by atoms with Gasteiger partial charge in [0.25, 0.3) is 0 Å². The first kappa shape index (κ1) is 11.0. The average Bonchev–Trinajstić information content (AvgIpc) is 2.07. The minimum absolute atomic E-state index is 0.0599. The molecule has 0 aliphatic carbocycles. The van der Waals surface area contributed by atoms with Crippen LogP contribution in [0.1, 0.15) is 33.6 Å². The summed E-state index contributed by atoms with van der Waals surface area (Å²) in [5, 5.41) is 9.55. The molecule has 2 heteroatoms. The van der Waals surface area contributed by atoms with Crippen LogP contribution in [-0.2, 0) is 0 Å². The Balaban J connectivity index is 2.21. The summed E-state index contributed by atoms with van der Waals surface area (Å²) in [6, 6.07) is 0. The lowest BCUT2D eigenvalue weighted by molar-refractivity contribution is 0.0336. The van der Waals surface area contributed by atoms with Crippen molar-refractivity contribution in [1.29, 1.82) is 0 Å². The molecule has 0 radical (unpaired) electrons. The molecule has 1 saturated heterocycles. The van der Waals surface area contributed by atoms with Crippen LogP contribution in [0.5, 0.6) is 0 Å². The maximum atomic E-state index is 9.55. The number of hydrogen-bond acceptors (Lipinski definition) is 2. The van der Waals surface area contributed by atoms with Gasteiger partial charge in [0.1, 0.15) is 0 Å². The summed E-state index contributed by atoms with van der Waals surface area (Å²) in [5.41, 5.74) is 0. The van der Waals surface area contributed by atoms with E-state index in [1.165, 1.54) is 13.0 Å². The van der Waals surface area contributed by atoms with Crippen LogP contribution in [-0.4, -0.2) is 35.7 Å². The molecule has 1 fully saturated rings. The van der Waals surface area contributed by atoms with E-state index < -0.39 is 0 Å². The van der Waals surface area contributed by atoms with Gasteiger partial charge in [-0.05, 0) is 31.2 Å². The highest BCUT2D eigenvalue weighted by molar-refractivity contribution is 4.76. The van der Waals surface area contributed by atoms with E-state index in [1.807, 2.05) is 0 Å². The first-order valence-electron chi connectivity index (χ1n) is 5.50. The Morgan fingerprint density at radius 3 is 2.69 bits per heavy atom. The molecular formula is C11H23NO. The van der Waals surface area contributed by atoms with Crippen LogP contribution in [0, 0.1) is 11.8 Å². The minimum Gasteiger partial charge on any atom is -0.393 e. The lowest BCUT2D eigenvalue weighted by atomic mass is 9.96. The van der Waals surface area contributed by atoms with Crippen LogP contribution in [0.25, 0.3) is 0 Å². The van der Waals surface area contributed by atoms with E-state index in [2.05, 4.69) is 25.7 Å². The van der Waals surface area contributed by atoms with Gasteiger partial charge in [0.2, 0.25) is 0 Å². The van der Waals surface area contributed by atoms with Crippen LogP contribution < -0.4 is 0 Å². The van der Waals surface area contributed by atoms with Gasteiger partial charge in [0.15, 0.2) is 0 Å². The second-order valence-corrected chi connectivity index (χ2v) is 4.82. The van der Waals surface area contributed by atoms with Crippen LogP contribution >= 0.6 is 0 Å². The molecule has 0 amide bonds. The highest BCUT2D eigenvalue weighted by Crippen LogP contribution is 2.17. The van der Waals surface area contributed by atoms with E-state index in [1.54, 1.807) is 0 Å². The van der Waals surface area contributed by atoms with Crippen LogP contribution in [0.4, 0.5) is 0 Å². The molecule has 13 heavy (non-hydrogen) atoms. The predicted molar refractivity (Wildman–Crippen MR) is 55.7 cm³/mol. The summed E-state index contributed by atoms with van der Waals surface area (Å²) < 4.78 is 0. The molecule has 2 nitrogen and oxygen atoms in total. The maximum Gasteiger partial charge on any atom is 0.0590 e. The van der Waals surface area contributed by atoms with Gasteiger partial charge < -0.3 is 10.0 Å². The molecule has 0 bridgehead atoms. The fraction of sp³-hybridized carbons (Fsp3) is 1.00. The molecule has 1 aliphatic rings. The normalized spacial score (nSPS) is 31.2. The summed E-state index contributed by atoms with van der Waals surface area (Å²) in [6.07, 6.45) is 2.18. The lowest BCUT2D eigenvalue weighted by Crippen LogP contribution is -2.42. The summed E-state index contributed by atoms with van der Waals surface area (Å²) >= 11 is 0. The van der Waals surface area contributed by atoms with Crippen molar-refractivity contribution in [2.75, 3.05) is 19.6 Å². The van der Waals surface area contributed by atoms with E-state index in [0.29, 0.717) is 5.92 Å². The monoisotopic (exact) mass is 185 g/mol. The van der Waals surface area contributed by atoms with Crippen LogP contribution in [0.2, 0.25) is 0 Å². The SMILES string of the molecule is CC(C)CCN1CC[C@H](O)[C@@H](C)C1. The van der Waals surface area contributed by atoms with Crippen LogP contribution in [0.3, 0.4) is 0 Å². The van der Waals surface area contributed by atoms with E-state index >= 15 is 0 Å². The number of aliphatic hydroxyl groups is 1. The average molecular weight is 185 g/mol. The van der Waals surface area contributed by atoms with Gasteiger partial charge in [-0.15, -0.1) is 0 Å². The van der Waals surface area contributed by atoms with E-state index in [0.717, 1.165) is 25.4 Å². The van der Waals surface area contributed by atoms with Gasteiger partial charge in [-0.3, -0.25) is 0 Å². The highest BCUT2D eigenvalue weighted by atomic mass is 16.3. The summed E-state index contributed by atoms with van der Waals surface area (Å²) in [7, 11) is 0. The third-order valence-electron chi connectivity index (χ3n) is 2.97. The van der Waals surface area contributed by atoms with Crippen molar-refractivity contribution in [3.63, 3.8) is 0 Å². The van der Waals surface area contributed by atoms with Gasteiger partial charge in [-0.1, -0.05) is 20.8 Å². The largest absolute Gasteiger partial charge is 0.393 e. The molecule has 0 spiro atoms. The number of nitrogens with zero attached hydrogens (tertiary/aromatic N) is 1. The zero-order valence-corrected chi connectivity index (χ0v) is 9.16. The van der Waals surface area contributed by atoms with E-state index in [-0.39, 0.29) is 6.10 Å². The number of likely N-dealkylation sites (tertiary alicyclic amines) is 1. The Bertz CT molecular complexity index is 147. The lowest BCUT2D eigenvalue weighted by Gasteiger charge is -2.34. The summed E-state index contributed by atoms with van der Waals surface area (Å²) in [4.78, 5) is 2.48. The number of rotatable bonds is 3. The molecular weight excluding hydrogens is 162 g/mol. The van der Waals surface area contributed by atoms with Gasteiger partial charge in [0.05, 0.1) is 6.10 Å². The molecule has 0 aromatic rings. The molecule has 0 unspecified atom stereocenters. The molecule has 0 saturated carbocycles.